The van der Waals surface area contributed by atoms with Crippen LogP contribution in [0.3, 0.4) is 0 Å². The quantitative estimate of drug-likeness (QED) is 0.734. The Bertz CT molecular complexity index is 846. The van der Waals surface area contributed by atoms with Crippen LogP contribution in [0.2, 0.25) is 0 Å². The highest BCUT2D eigenvalue weighted by Crippen LogP contribution is 2.40. The molecule has 128 valence electrons. The van der Waals surface area contributed by atoms with Crippen molar-refractivity contribution in [2.24, 2.45) is 7.05 Å². The standard InChI is InChI=1S/C14H14F3N5OS/c1-22-6-5-19-12(22)13(23,14(15,16)17)3-4-18-11-10-9(2-7-24-10)20-8-21-11/h2,5-8,23H,3-4H2,1H3,(H,18,20,21)/t13-/m1/s1. The van der Waals surface area contributed by atoms with Crippen LogP contribution in [0.5, 0.6) is 0 Å². The van der Waals surface area contributed by atoms with Gasteiger partial charge in [0.15, 0.2) is 0 Å². The van der Waals surface area contributed by atoms with Gasteiger partial charge in [-0.15, -0.1) is 11.3 Å². The second-order valence-electron chi connectivity index (χ2n) is 5.25. The van der Waals surface area contributed by atoms with E-state index in [2.05, 4.69) is 20.3 Å². The highest BCUT2D eigenvalue weighted by molar-refractivity contribution is 7.17. The van der Waals surface area contributed by atoms with E-state index in [0.29, 0.717) is 11.3 Å². The van der Waals surface area contributed by atoms with E-state index in [1.807, 2.05) is 5.38 Å². The fourth-order valence-electron chi connectivity index (χ4n) is 2.42. The van der Waals surface area contributed by atoms with Crippen molar-refractivity contribution in [1.82, 2.24) is 19.5 Å². The molecular formula is C14H14F3N5OS. The molecule has 0 bridgehead atoms. The molecule has 24 heavy (non-hydrogen) atoms. The van der Waals surface area contributed by atoms with Crippen molar-refractivity contribution in [1.29, 1.82) is 0 Å². The van der Waals surface area contributed by atoms with Gasteiger partial charge in [-0.1, -0.05) is 0 Å². The lowest BCUT2D eigenvalue weighted by Gasteiger charge is -2.30. The fourth-order valence-corrected chi connectivity index (χ4v) is 3.23. The number of aryl methyl sites for hydroxylation is 1. The summed E-state index contributed by atoms with van der Waals surface area (Å²) in [7, 11) is 1.41. The highest BCUT2D eigenvalue weighted by Gasteiger charge is 2.57. The Kier molecular flexibility index (Phi) is 4.18. The molecule has 0 saturated heterocycles. The second-order valence-corrected chi connectivity index (χ2v) is 6.17. The van der Waals surface area contributed by atoms with Crippen molar-refractivity contribution in [2.45, 2.75) is 18.2 Å². The van der Waals surface area contributed by atoms with Gasteiger partial charge in [0, 0.05) is 32.4 Å². The number of nitrogens with one attached hydrogen (secondary N) is 1. The summed E-state index contributed by atoms with van der Waals surface area (Å²) < 4.78 is 42.2. The van der Waals surface area contributed by atoms with Gasteiger partial charge in [-0.2, -0.15) is 13.2 Å². The maximum atomic E-state index is 13.4. The van der Waals surface area contributed by atoms with Crippen LogP contribution in [-0.2, 0) is 12.6 Å². The first-order chi connectivity index (χ1) is 11.3. The smallest absolute Gasteiger partial charge is 0.374 e. The Hall–Kier alpha value is -2.20. The van der Waals surface area contributed by atoms with Crippen molar-refractivity contribution in [2.75, 3.05) is 11.9 Å². The zero-order valence-electron chi connectivity index (χ0n) is 12.6. The van der Waals surface area contributed by atoms with E-state index in [-0.39, 0.29) is 6.54 Å². The summed E-state index contributed by atoms with van der Waals surface area (Å²) in [5, 5.41) is 14.9. The van der Waals surface area contributed by atoms with Crippen LogP contribution in [0.1, 0.15) is 12.2 Å². The largest absolute Gasteiger partial charge is 0.424 e. The molecule has 0 aliphatic heterocycles. The zero-order valence-corrected chi connectivity index (χ0v) is 13.4. The predicted molar refractivity (Wildman–Crippen MR) is 83.7 cm³/mol. The maximum Gasteiger partial charge on any atom is 0.424 e. The minimum atomic E-state index is -4.85. The first kappa shape index (κ1) is 16.7. The van der Waals surface area contributed by atoms with Gasteiger partial charge in [0.25, 0.3) is 0 Å². The third-order valence-corrected chi connectivity index (χ3v) is 4.59. The van der Waals surface area contributed by atoms with Gasteiger partial charge in [0.2, 0.25) is 5.60 Å². The van der Waals surface area contributed by atoms with Crippen molar-refractivity contribution in [3.63, 3.8) is 0 Å². The number of alkyl halides is 3. The van der Waals surface area contributed by atoms with Crippen LogP contribution in [0.4, 0.5) is 19.0 Å². The normalized spacial score (nSPS) is 14.7. The average Bonchev–Trinajstić information content (AvgIpc) is 3.15. The fraction of sp³-hybridized carbons (Fsp3) is 0.357. The maximum absolute atomic E-state index is 13.4. The Morgan fingerprint density at radius 2 is 2.08 bits per heavy atom. The van der Waals surface area contributed by atoms with Gasteiger partial charge < -0.3 is 15.0 Å². The number of fused-ring (bicyclic) bond motifs is 1. The van der Waals surface area contributed by atoms with Crippen molar-refractivity contribution < 1.29 is 18.3 Å². The van der Waals surface area contributed by atoms with Gasteiger partial charge >= 0.3 is 6.18 Å². The molecule has 0 aromatic carbocycles. The lowest BCUT2D eigenvalue weighted by Crippen LogP contribution is -2.45. The molecule has 3 heterocycles. The van der Waals surface area contributed by atoms with Gasteiger partial charge in [-0.25, -0.2) is 15.0 Å². The summed E-state index contributed by atoms with van der Waals surface area (Å²) in [5.41, 5.74) is -2.33. The lowest BCUT2D eigenvalue weighted by molar-refractivity contribution is -0.271. The molecule has 0 aliphatic carbocycles. The molecule has 0 saturated carbocycles. The molecule has 6 nitrogen and oxygen atoms in total. The van der Waals surface area contributed by atoms with Gasteiger partial charge in [0.1, 0.15) is 18.0 Å². The van der Waals surface area contributed by atoms with E-state index in [1.54, 1.807) is 6.07 Å². The van der Waals surface area contributed by atoms with Crippen LogP contribution in [-0.4, -0.2) is 37.3 Å². The summed E-state index contributed by atoms with van der Waals surface area (Å²) in [5.74, 6) is 0.000114. The summed E-state index contributed by atoms with van der Waals surface area (Å²) in [6.45, 7) is -0.132. The van der Waals surface area contributed by atoms with E-state index in [1.165, 1.54) is 37.1 Å². The molecule has 1 atom stereocenters. The van der Waals surface area contributed by atoms with Crippen LogP contribution >= 0.6 is 11.3 Å². The second kappa shape index (κ2) is 6.02. The Morgan fingerprint density at radius 1 is 1.29 bits per heavy atom. The molecule has 2 N–H and O–H groups in total. The number of rotatable bonds is 5. The van der Waals surface area contributed by atoms with Gasteiger partial charge in [-0.05, 0) is 11.4 Å². The van der Waals surface area contributed by atoms with Crippen LogP contribution in [0, 0.1) is 0 Å². The van der Waals surface area contributed by atoms with Crippen LogP contribution in [0.25, 0.3) is 10.2 Å². The first-order valence-corrected chi connectivity index (χ1v) is 7.90. The predicted octanol–water partition coefficient (Wildman–Crippen LogP) is 2.68. The minimum Gasteiger partial charge on any atom is -0.374 e. The molecule has 10 heteroatoms. The molecule has 3 aromatic heterocycles. The molecular weight excluding hydrogens is 343 g/mol. The number of imidazole rings is 1. The van der Waals surface area contributed by atoms with Crippen molar-refractivity contribution >= 4 is 27.4 Å². The van der Waals surface area contributed by atoms with E-state index in [0.717, 1.165) is 9.27 Å². The number of halogens is 3. The van der Waals surface area contributed by atoms with Gasteiger partial charge in [-0.3, -0.25) is 0 Å². The molecule has 3 rings (SSSR count). The molecule has 0 aliphatic rings. The summed E-state index contributed by atoms with van der Waals surface area (Å²) in [6, 6.07) is 1.80. The lowest BCUT2D eigenvalue weighted by atomic mass is 9.97. The summed E-state index contributed by atoms with van der Waals surface area (Å²) >= 11 is 1.39. The average molecular weight is 357 g/mol. The van der Waals surface area contributed by atoms with E-state index < -0.39 is 24.0 Å². The third kappa shape index (κ3) is 2.82. The Balaban J connectivity index is 1.80. The van der Waals surface area contributed by atoms with Crippen LogP contribution < -0.4 is 5.32 Å². The van der Waals surface area contributed by atoms with E-state index in [4.69, 9.17) is 0 Å². The number of hydrogen-bond acceptors (Lipinski definition) is 6. The van der Waals surface area contributed by atoms with E-state index >= 15 is 0 Å². The highest BCUT2D eigenvalue weighted by atomic mass is 32.1. The van der Waals surface area contributed by atoms with Crippen LogP contribution in [0.15, 0.2) is 30.2 Å². The number of thiophene rings is 1. The molecule has 0 amide bonds. The minimum absolute atomic E-state index is 0.132. The molecule has 0 fully saturated rings. The topological polar surface area (TPSA) is 75.9 Å². The monoisotopic (exact) mass is 357 g/mol. The first-order valence-electron chi connectivity index (χ1n) is 7.02. The van der Waals surface area contributed by atoms with Crippen molar-refractivity contribution in [3.8, 4) is 0 Å². The number of nitrogens with zero attached hydrogens (tertiary/aromatic N) is 4. The molecule has 0 spiro atoms. The van der Waals surface area contributed by atoms with E-state index in [9.17, 15) is 18.3 Å². The number of aromatic nitrogens is 4. The number of aliphatic hydroxyl groups is 1. The molecule has 0 radical (unpaired) electrons. The Morgan fingerprint density at radius 3 is 2.75 bits per heavy atom. The summed E-state index contributed by atoms with van der Waals surface area (Å²) in [4.78, 5) is 11.8. The summed E-state index contributed by atoms with van der Waals surface area (Å²) in [6.07, 6.45) is -1.53. The van der Waals surface area contributed by atoms with Gasteiger partial charge in [0.05, 0.1) is 10.2 Å². The van der Waals surface area contributed by atoms with Crippen molar-refractivity contribution in [3.05, 3.63) is 36.0 Å². The molecule has 3 aromatic rings. The zero-order chi connectivity index (χ0) is 17.4. The third-order valence-electron chi connectivity index (χ3n) is 3.68. The SMILES string of the molecule is Cn1ccnc1[C@](O)(CCNc1ncnc2ccsc12)C(F)(F)F. The Labute approximate surface area is 139 Å². The molecule has 0 unspecified atom stereocenters. The number of hydrogen-bond donors (Lipinski definition) is 2. The number of anilines is 1.